The van der Waals surface area contributed by atoms with Crippen LogP contribution in [0.15, 0.2) is 52.7 Å². The molecule has 132 valence electrons. The summed E-state index contributed by atoms with van der Waals surface area (Å²) < 4.78 is 41.4. The molecule has 4 aromatic rings. The number of hydrogen-bond acceptors (Lipinski definition) is 5. The first-order valence-electron chi connectivity index (χ1n) is 7.37. The van der Waals surface area contributed by atoms with Crippen molar-refractivity contribution in [3.8, 4) is 5.69 Å². The monoisotopic (exact) mass is 377 g/mol. The first-order chi connectivity index (χ1) is 12.4. The molecule has 0 unspecified atom stereocenters. The summed E-state index contributed by atoms with van der Waals surface area (Å²) in [5.41, 5.74) is -0.708. The Bertz CT molecular complexity index is 1200. The van der Waals surface area contributed by atoms with Crippen LogP contribution in [-0.4, -0.2) is 30.4 Å². The molecule has 6 nitrogen and oxygen atoms in total. The Kier molecular flexibility index (Phi) is 3.72. The lowest BCUT2D eigenvalue weighted by molar-refractivity contribution is -0.137. The quantitative estimate of drug-likeness (QED) is 0.502. The van der Waals surface area contributed by atoms with Crippen LogP contribution >= 0.6 is 11.8 Å². The van der Waals surface area contributed by atoms with Gasteiger partial charge < -0.3 is 0 Å². The minimum atomic E-state index is -4.49. The average molecular weight is 377 g/mol. The highest BCUT2D eigenvalue weighted by Crippen LogP contribution is 2.30. The molecule has 0 aliphatic heterocycles. The molecule has 0 radical (unpaired) electrons. The van der Waals surface area contributed by atoms with Crippen LogP contribution in [-0.2, 0) is 6.18 Å². The lowest BCUT2D eigenvalue weighted by atomic mass is 10.2. The average Bonchev–Trinajstić information content (AvgIpc) is 3.05. The van der Waals surface area contributed by atoms with E-state index in [1.807, 2.05) is 6.26 Å². The molecule has 0 bridgehead atoms. The number of thioether (sulfide) groups is 1. The second kappa shape index (κ2) is 5.84. The summed E-state index contributed by atoms with van der Waals surface area (Å²) in [5.74, 6) is 0.345. The van der Waals surface area contributed by atoms with Crippen molar-refractivity contribution in [1.29, 1.82) is 0 Å². The van der Waals surface area contributed by atoms with Gasteiger partial charge in [-0.3, -0.25) is 9.36 Å². The summed E-state index contributed by atoms with van der Waals surface area (Å²) in [6, 6.07) is 6.19. The molecule has 0 amide bonds. The minimum absolute atomic E-state index is 0.121. The Balaban J connectivity index is 1.94. The molecule has 0 saturated heterocycles. The number of halogens is 3. The van der Waals surface area contributed by atoms with E-state index in [9.17, 15) is 18.0 Å². The SMILES string of the molecule is CSc1nc2ncc3c(=O)n(-c4cccc(C(F)(F)F)c4)ccc3n2n1. The third-order valence-electron chi connectivity index (χ3n) is 3.85. The number of alkyl halides is 3. The lowest BCUT2D eigenvalue weighted by Gasteiger charge is -2.11. The second-order valence-electron chi connectivity index (χ2n) is 5.41. The van der Waals surface area contributed by atoms with E-state index in [0.29, 0.717) is 16.5 Å². The lowest BCUT2D eigenvalue weighted by Crippen LogP contribution is -2.19. The summed E-state index contributed by atoms with van der Waals surface area (Å²) in [4.78, 5) is 21.1. The van der Waals surface area contributed by atoms with Gasteiger partial charge in [0.1, 0.15) is 0 Å². The zero-order valence-corrected chi connectivity index (χ0v) is 14.0. The maximum atomic E-state index is 12.9. The van der Waals surface area contributed by atoms with Gasteiger partial charge in [-0.2, -0.15) is 22.7 Å². The van der Waals surface area contributed by atoms with Crippen LogP contribution in [0.25, 0.3) is 22.4 Å². The Hall–Kier alpha value is -2.88. The van der Waals surface area contributed by atoms with Gasteiger partial charge >= 0.3 is 6.18 Å². The van der Waals surface area contributed by atoms with E-state index in [1.54, 1.807) is 6.07 Å². The van der Waals surface area contributed by atoms with Crippen molar-refractivity contribution < 1.29 is 13.2 Å². The number of pyridine rings is 1. The Morgan fingerprint density at radius 3 is 2.73 bits per heavy atom. The first kappa shape index (κ1) is 16.6. The maximum absolute atomic E-state index is 12.9. The Morgan fingerprint density at radius 2 is 2.00 bits per heavy atom. The molecule has 0 spiro atoms. The topological polar surface area (TPSA) is 65.1 Å². The van der Waals surface area contributed by atoms with Gasteiger partial charge in [0.15, 0.2) is 0 Å². The van der Waals surface area contributed by atoms with Gasteiger partial charge in [-0.1, -0.05) is 17.8 Å². The number of rotatable bonds is 2. The van der Waals surface area contributed by atoms with Crippen LogP contribution in [0.3, 0.4) is 0 Å². The van der Waals surface area contributed by atoms with Gasteiger partial charge in [0, 0.05) is 18.1 Å². The number of fused-ring (bicyclic) bond motifs is 3. The fourth-order valence-corrected chi connectivity index (χ4v) is 2.96. The highest BCUT2D eigenvalue weighted by molar-refractivity contribution is 7.98. The molecule has 0 saturated carbocycles. The van der Waals surface area contributed by atoms with Crippen LogP contribution in [0.4, 0.5) is 13.2 Å². The van der Waals surface area contributed by atoms with E-state index in [0.717, 1.165) is 16.7 Å². The van der Waals surface area contributed by atoms with Crippen LogP contribution in [0, 0.1) is 0 Å². The zero-order valence-electron chi connectivity index (χ0n) is 13.2. The van der Waals surface area contributed by atoms with Crippen LogP contribution in [0.2, 0.25) is 0 Å². The van der Waals surface area contributed by atoms with Crippen molar-refractivity contribution in [3.63, 3.8) is 0 Å². The molecule has 0 aliphatic carbocycles. The van der Waals surface area contributed by atoms with E-state index in [2.05, 4.69) is 15.1 Å². The summed E-state index contributed by atoms with van der Waals surface area (Å²) in [5, 5.41) is 5.00. The number of benzene rings is 1. The predicted octanol–water partition coefficient (Wildman–Crippen LogP) is 3.17. The molecule has 3 aromatic heterocycles. The minimum Gasteiger partial charge on any atom is -0.284 e. The van der Waals surface area contributed by atoms with E-state index in [4.69, 9.17) is 0 Å². The van der Waals surface area contributed by atoms with E-state index >= 15 is 0 Å². The highest BCUT2D eigenvalue weighted by Gasteiger charge is 2.30. The molecule has 26 heavy (non-hydrogen) atoms. The van der Waals surface area contributed by atoms with E-state index in [-0.39, 0.29) is 11.1 Å². The maximum Gasteiger partial charge on any atom is 0.416 e. The Morgan fingerprint density at radius 1 is 1.19 bits per heavy atom. The van der Waals surface area contributed by atoms with Crippen LogP contribution in [0.5, 0.6) is 0 Å². The third-order valence-corrected chi connectivity index (χ3v) is 4.39. The molecule has 0 fully saturated rings. The molecule has 1 aromatic carbocycles. The number of nitrogens with zero attached hydrogens (tertiary/aromatic N) is 5. The molecule has 0 atom stereocenters. The second-order valence-corrected chi connectivity index (χ2v) is 6.18. The number of aromatic nitrogens is 5. The summed E-state index contributed by atoms with van der Waals surface area (Å²) >= 11 is 1.34. The van der Waals surface area contributed by atoms with E-state index in [1.165, 1.54) is 40.8 Å². The van der Waals surface area contributed by atoms with Crippen molar-refractivity contribution in [3.05, 3.63) is 58.6 Å². The van der Waals surface area contributed by atoms with Crippen molar-refractivity contribution >= 4 is 28.4 Å². The van der Waals surface area contributed by atoms with E-state index < -0.39 is 17.3 Å². The fraction of sp³-hybridized carbons (Fsp3) is 0.125. The molecular weight excluding hydrogens is 367 g/mol. The normalized spacial score (nSPS) is 12.2. The first-order valence-corrected chi connectivity index (χ1v) is 8.60. The Labute approximate surface area is 148 Å². The van der Waals surface area contributed by atoms with Crippen molar-refractivity contribution in [1.82, 2.24) is 24.1 Å². The van der Waals surface area contributed by atoms with Crippen LogP contribution < -0.4 is 5.56 Å². The smallest absolute Gasteiger partial charge is 0.284 e. The largest absolute Gasteiger partial charge is 0.416 e. The molecule has 0 N–H and O–H groups in total. The molecule has 3 heterocycles. The third kappa shape index (κ3) is 2.62. The molecule has 0 aliphatic rings. The van der Waals surface area contributed by atoms with Gasteiger partial charge in [-0.15, -0.1) is 5.10 Å². The van der Waals surface area contributed by atoms with Gasteiger partial charge in [-0.05, 0) is 30.5 Å². The predicted molar refractivity (Wildman–Crippen MR) is 90.7 cm³/mol. The standard InChI is InChI=1S/C16H10F3N5OS/c1-26-15-21-14-20-8-11-12(24(14)22-15)5-6-23(13(11)25)10-4-2-3-9(7-10)16(17,18)19/h2-8H,1H3. The summed E-state index contributed by atoms with van der Waals surface area (Å²) in [6.07, 6.45) is 0.104. The summed E-state index contributed by atoms with van der Waals surface area (Å²) in [6.45, 7) is 0. The van der Waals surface area contributed by atoms with Gasteiger partial charge in [-0.25, -0.2) is 4.98 Å². The zero-order chi connectivity index (χ0) is 18.5. The van der Waals surface area contributed by atoms with Gasteiger partial charge in [0.2, 0.25) is 5.16 Å². The van der Waals surface area contributed by atoms with Crippen LogP contribution in [0.1, 0.15) is 5.56 Å². The van der Waals surface area contributed by atoms with Crippen molar-refractivity contribution in [2.75, 3.05) is 6.26 Å². The number of hydrogen-bond donors (Lipinski definition) is 0. The highest BCUT2D eigenvalue weighted by atomic mass is 32.2. The van der Waals surface area contributed by atoms with Crippen molar-refractivity contribution in [2.45, 2.75) is 11.3 Å². The fourth-order valence-electron chi connectivity index (χ4n) is 2.62. The molecule has 10 heteroatoms. The van der Waals surface area contributed by atoms with Crippen molar-refractivity contribution in [2.24, 2.45) is 0 Å². The molecular formula is C16H10F3N5OS. The van der Waals surface area contributed by atoms with Gasteiger partial charge in [0.25, 0.3) is 11.3 Å². The van der Waals surface area contributed by atoms with Gasteiger partial charge in [0.05, 0.1) is 16.5 Å². The summed E-state index contributed by atoms with van der Waals surface area (Å²) in [7, 11) is 0. The molecule has 4 rings (SSSR count).